The topological polar surface area (TPSA) is 6.48 Å². The van der Waals surface area contributed by atoms with Gasteiger partial charge in [-0.1, -0.05) is 188 Å². The van der Waals surface area contributed by atoms with Gasteiger partial charge in [-0.3, -0.25) is 0 Å². The van der Waals surface area contributed by atoms with Crippen molar-refractivity contribution in [1.82, 2.24) is 0 Å². The Morgan fingerprint density at radius 3 is 1.64 bits per heavy atom. The highest BCUT2D eigenvalue weighted by atomic mass is 32.2. The number of rotatable bonds is 8. The number of fused-ring (bicyclic) bond motifs is 10. The Morgan fingerprint density at radius 2 is 0.955 bits per heavy atom. The summed E-state index contributed by atoms with van der Waals surface area (Å²) < 4.78 is 0. The van der Waals surface area contributed by atoms with Crippen LogP contribution in [0.3, 0.4) is 0 Å². The number of hydrogen-bond acceptors (Lipinski definition) is 3. The van der Waals surface area contributed by atoms with Crippen LogP contribution in [0.2, 0.25) is 0 Å². The van der Waals surface area contributed by atoms with E-state index in [1.165, 1.54) is 59.2 Å². The Kier molecular flexibility index (Phi) is 10.1. The van der Waals surface area contributed by atoms with E-state index in [2.05, 4.69) is 266 Å². The van der Waals surface area contributed by atoms with Gasteiger partial charge in [0.2, 0.25) is 0 Å². The third-order valence-electron chi connectivity index (χ3n) is 13.6. The Hall–Kier alpha value is -8.11. The van der Waals surface area contributed by atoms with Gasteiger partial charge in [-0.15, -0.1) is 0 Å². The highest BCUT2D eigenvalue weighted by Crippen LogP contribution is 2.64. The number of allylic oxidation sites excluding steroid dienone is 1. The number of anilines is 6. The van der Waals surface area contributed by atoms with Crippen molar-refractivity contribution in [1.29, 1.82) is 0 Å². The van der Waals surface area contributed by atoms with E-state index in [1.807, 2.05) is 17.8 Å². The van der Waals surface area contributed by atoms with Gasteiger partial charge in [0.05, 0.1) is 11.1 Å². The molecule has 0 amide bonds. The molecule has 10 aromatic rings. The molecule has 0 bridgehead atoms. The van der Waals surface area contributed by atoms with E-state index in [0.29, 0.717) is 0 Å². The van der Waals surface area contributed by atoms with Crippen molar-refractivity contribution < 1.29 is 0 Å². The molecular weight excluding hydrogens is 829 g/mol. The lowest BCUT2D eigenvalue weighted by Gasteiger charge is -2.41. The Balaban J connectivity index is 1.01. The van der Waals surface area contributed by atoms with Gasteiger partial charge in [0.15, 0.2) is 0 Å². The summed E-state index contributed by atoms with van der Waals surface area (Å²) in [5.41, 5.74) is 16.2. The van der Waals surface area contributed by atoms with Gasteiger partial charge in [-0.2, -0.15) is 0 Å². The molecule has 2 aliphatic rings. The lowest BCUT2D eigenvalue weighted by Crippen LogP contribution is -2.33. The highest BCUT2D eigenvalue weighted by Gasteiger charge is 2.52. The van der Waals surface area contributed by atoms with E-state index in [9.17, 15) is 0 Å². The van der Waals surface area contributed by atoms with Crippen LogP contribution in [0.5, 0.6) is 0 Å². The van der Waals surface area contributed by atoms with Crippen LogP contribution in [-0.2, 0) is 5.41 Å². The summed E-state index contributed by atoms with van der Waals surface area (Å²) in [6.45, 7) is 6.20. The SMILES string of the molecule is C=C/C=c1/cc(N(c2ccc(-c3ccc(N(c4ccccc4)c4ccc5ccccc5c4)cc3)cc2)c2cccc3c2C2(c4ccccc4Sc4ccccc42)c2ccccc2-3)cc/c1=C/C. The van der Waals surface area contributed by atoms with Crippen LogP contribution < -0.4 is 20.2 Å². The fourth-order valence-electron chi connectivity index (χ4n) is 10.7. The highest BCUT2D eigenvalue weighted by molar-refractivity contribution is 7.99. The van der Waals surface area contributed by atoms with Gasteiger partial charge in [0.1, 0.15) is 0 Å². The van der Waals surface area contributed by atoms with Crippen molar-refractivity contribution in [3.8, 4) is 22.3 Å². The summed E-state index contributed by atoms with van der Waals surface area (Å²) in [6.07, 6.45) is 6.17. The standard InChI is InChI=1S/C64H46N2S/c1-3-17-48-42-54(40-30-44(48)4-2)66(60-27-16-23-56-55-22-10-11-24-57(55)64(63(56)60)58-25-12-14-28-61(58)67-62-29-15-13-26-59(62)64)52-38-33-47(34-39-52)46-31-36-51(37-32-46)65(50-20-6-5-7-21-50)53-41-35-45-18-8-9-19-49(45)43-53/h3-43H,1H2,2H3/b44-4-,48-17-. The van der Waals surface area contributed by atoms with Crippen LogP contribution in [-0.4, -0.2) is 0 Å². The number of benzene rings is 10. The van der Waals surface area contributed by atoms with Crippen molar-refractivity contribution in [2.45, 2.75) is 22.1 Å². The van der Waals surface area contributed by atoms with E-state index in [-0.39, 0.29) is 0 Å². The molecular formula is C64H46N2S. The fraction of sp³-hybridized carbons (Fsp3) is 0.0312. The van der Waals surface area contributed by atoms with Gasteiger partial charge >= 0.3 is 0 Å². The van der Waals surface area contributed by atoms with Gasteiger partial charge in [-0.05, 0) is 146 Å². The van der Waals surface area contributed by atoms with Gasteiger partial charge in [0, 0.05) is 43.8 Å². The Labute approximate surface area is 396 Å². The normalized spacial score (nSPS) is 13.4. The average Bonchev–Trinajstić information content (AvgIpc) is 3.68. The summed E-state index contributed by atoms with van der Waals surface area (Å²) in [5.74, 6) is 0. The van der Waals surface area contributed by atoms with Gasteiger partial charge in [0.25, 0.3) is 0 Å². The molecule has 10 aromatic carbocycles. The maximum absolute atomic E-state index is 4.10. The molecule has 318 valence electrons. The van der Waals surface area contributed by atoms with Gasteiger partial charge < -0.3 is 9.80 Å². The molecule has 1 aliphatic carbocycles. The first-order valence-electron chi connectivity index (χ1n) is 23.0. The molecule has 0 radical (unpaired) electrons. The van der Waals surface area contributed by atoms with Crippen LogP contribution in [0.15, 0.2) is 253 Å². The predicted octanol–water partition coefficient (Wildman–Crippen LogP) is 16.0. The molecule has 1 heterocycles. The zero-order chi connectivity index (χ0) is 44.9. The molecule has 1 aliphatic heterocycles. The zero-order valence-corrected chi connectivity index (χ0v) is 38.0. The molecule has 3 heteroatoms. The first-order valence-corrected chi connectivity index (χ1v) is 23.8. The predicted molar refractivity (Wildman–Crippen MR) is 284 cm³/mol. The molecule has 0 N–H and O–H groups in total. The molecule has 67 heavy (non-hydrogen) atoms. The molecule has 12 rings (SSSR count). The molecule has 0 saturated heterocycles. The minimum Gasteiger partial charge on any atom is -0.310 e. The third kappa shape index (κ3) is 6.65. The average molecular weight is 875 g/mol. The van der Waals surface area contributed by atoms with Crippen LogP contribution in [0, 0.1) is 0 Å². The number of nitrogens with zero attached hydrogens (tertiary/aromatic N) is 2. The van der Waals surface area contributed by atoms with E-state index in [4.69, 9.17) is 0 Å². The second-order valence-electron chi connectivity index (χ2n) is 17.2. The summed E-state index contributed by atoms with van der Waals surface area (Å²) in [7, 11) is 0. The van der Waals surface area contributed by atoms with Gasteiger partial charge in [-0.25, -0.2) is 0 Å². The minimum absolute atomic E-state index is 0.547. The molecule has 1 spiro atoms. The quantitative estimate of drug-likeness (QED) is 0.150. The van der Waals surface area contributed by atoms with Crippen molar-refractivity contribution in [3.05, 3.63) is 276 Å². The van der Waals surface area contributed by atoms with Crippen molar-refractivity contribution in [2.75, 3.05) is 9.80 Å². The van der Waals surface area contributed by atoms with Crippen LogP contribution in [0.25, 0.3) is 45.2 Å². The Morgan fingerprint density at radius 1 is 0.418 bits per heavy atom. The van der Waals surface area contributed by atoms with Crippen molar-refractivity contribution >= 4 is 68.8 Å². The number of para-hydroxylation sites is 1. The van der Waals surface area contributed by atoms with Crippen LogP contribution in [0.4, 0.5) is 34.1 Å². The first-order chi connectivity index (χ1) is 33.1. The van der Waals surface area contributed by atoms with Crippen molar-refractivity contribution in [2.24, 2.45) is 0 Å². The largest absolute Gasteiger partial charge is 0.310 e. The summed E-state index contributed by atoms with van der Waals surface area (Å²) in [6, 6.07) is 84.8. The second kappa shape index (κ2) is 16.7. The van der Waals surface area contributed by atoms with Crippen molar-refractivity contribution in [3.63, 3.8) is 0 Å². The summed E-state index contributed by atoms with van der Waals surface area (Å²) in [4.78, 5) is 7.39. The molecule has 0 fully saturated rings. The molecule has 0 unspecified atom stereocenters. The zero-order valence-electron chi connectivity index (χ0n) is 37.2. The monoisotopic (exact) mass is 874 g/mol. The first kappa shape index (κ1) is 40.4. The lowest BCUT2D eigenvalue weighted by atomic mass is 9.66. The fourth-order valence-corrected chi connectivity index (χ4v) is 11.9. The Bertz CT molecular complexity index is 3600. The maximum Gasteiger partial charge on any atom is 0.0755 e. The molecule has 2 nitrogen and oxygen atoms in total. The molecule has 0 saturated carbocycles. The second-order valence-corrected chi connectivity index (χ2v) is 18.3. The maximum atomic E-state index is 4.10. The third-order valence-corrected chi connectivity index (χ3v) is 14.8. The smallest absolute Gasteiger partial charge is 0.0755 e. The molecule has 0 atom stereocenters. The summed E-state index contributed by atoms with van der Waals surface area (Å²) >= 11 is 1.88. The molecule has 0 aromatic heterocycles. The minimum atomic E-state index is -0.547. The van der Waals surface area contributed by atoms with E-state index < -0.39 is 5.41 Å². The van der Waals surface area contributed by atoms with E-state index >= 15 is 0 Å². The van der Waals surface area contributed by atoms with Crippen LogP contribution in [0.1, 0.15) is 29.2 Å². The van der Waals surface area contributed by atoms with Crippen LogP contribution >= 0.6 is 11.8 Å². The number of hydrogen-bond donors (Lipinski definition) is 0. The lowest BCUT2D eigenvalue weighted by molar-refractivity contribution is 0.722. The summed E-state index contributed by atoms with van der Waals surface area (Å²) in [5, 5.41) is 4.74. The van der Waals surface area contributed by atoms with E-state index in [0.717, 1.165) is 50.5 Å². The van der Waals surface area contributed by atoms with E-state index in [1.54, 1.807) is 0 Å².